The van der Waals surface area contributed by atoms with Crippen LogP contribution in [0.4, 0.5) is 5.82 Å². The van der Waals surface area contributed by atoms with Crippen LogP contribution in [0.5, 0.6) is 0 Å². The first-order valence-electron chi connectivity index (χ1n) is 4.24. The van der Waals surface area contributed by atoms with Crippen LogP contribution >= 0.6 is 0 Å². The van der Waals surface area contributed by atoms with E-state index in [9.17, 15) is 14.7 Å². The molecule has 0 fully saturated rings. The Morgan fingerprint density at radius 2 is 2.29 bits per heavy atom. The van der Waals surface area contributed by atoms with Crippen LogP contribution in [-0.4, -0.2) is 32.9 Å². The van der Waals surface area contributed by atoms with E-state index in [0.717, 1.165) is 0 Å². The van der Waals surface area contributed by atoms with Gasteiger partial charge >= 0.3 is 5.69 Å². The molecule has 1 rings (SSSR count). The molecule has 0 aromatic carbocycles. The smallest absolute Gasteiger partial charge is 0.342 e. The van der Waals surface area contributed by atoms with Crippen molar-refractivity contribution >= 4 is 5.82 Å². The molecule has 1 aromatic heterocycles. The van der Waals surface area contributed by atoms with Crippen LogP contribution in [0.25, 0.3) is 0 Å². The third kappa shape index (κ3) is 2.70. The molecule has 0 saturated carbocycles. The lowest BCUT2D eigenvalue weighted by molar-refractivity contribution is 0.183. The Bertz CT molecular complexity index is 396. The summed E-state index contributed by atoms with van der Waals surface area (Å²) in [5, 5.41) is 17.4. The minimum absolute atomic E-state index is 0.00269. The zero-order chi connectivity index (χ0) is 10.6. The standard InChI is InChI=1S/C7H12N4O3/c1-2-4(12)3-8-5-6(13)9-7(14)11-10-5/h4,12H,2-3H2,1H3,(H,8,10)(H2,9,11,13,14). The monoisotopic (exact) mass is 200 g/mol. The van der Waals surface area contributed by atoms with Gasteiger partial charge in [-0.15, -0.1) is 5.10 Å². The SMILES string of the molecule is CCC(O)CNc1n[nH]c(=O)[nH]c1=O. The summed E-state index contributed by atoms with van der Waals surface area (Å²) in [4.78, 5) is 23.7. The Labute approximate surface area is 79.2 Å². The van der Waals surface area contributed by atoms with Gasteiger partial charge in [-0.05, 0) is 6.42 Å². The van der Waals surface area contributed by atoms with Gasteiger partial charge in [0.1, 0.15) is 0 Å². The van der Waals surface area contributed by atoms with Crippen molar-refractivity contribution in [3.63, 3.8) is 0 Å². The molecular formula is C7H12N4O3. The van der Waals surface area contributed by atoms with Crippen LogP contribution in [0.2, 0.25) is 0 Å². The van der Waals surface area contributed by atoms with Crippen LogP contribution < -0.4 is 16.6 Å². The average Bonchev–Trinajstić information content (AvgIpc) is 2.16. The van der Waals surface area contributed by atoms with E-state index in [1.807, 2.05) is 11.9 Å². The molecule has 0 radical (unpaired) electrons. The second-order valence-corrected chi connectivity index (χ2v) is 2.80. The van der Waals surface area contributed by atoms with Gasteiger partial charge in [0.15, 0.2) is 0 Å². The van der Waals surface area contributed by atoms with Crippen molar-refractivity contribution in [3.05, 3.63) is 20.8 Å². The van der Waals surface area contributed by atoms with E-state index < -0.39 is 17.4 Å². The van der Waals surface area contributed by atoms with Crippen molar-refractivity contribution in [2.75, 3.05) is 11.9 Å². The second kappa shape index (κ2) is 4.56. The highest BCUT2D eigenvalue weighted by Crippen LogP contribution is 1.92. The molecule has 1 heterocycles. The molecule has 4 N–H and O–H groups in total. The van der Waals surface area contributed by atoms with Crippen LogP contribution in [-0.2, 0) is 0 Å². The first-order chi connectivity index (χ1) is 6.63. The summed E-state index contributed by atoms with van der Waals surface area (Å²) in [6.45, 7) is 2.04. The summed E-state index contributed by atoms with van der Waals surface area (Å²) in [5.74, 6) is -0.00269. The fraction of sp³-hybridized carbons (Fsp3) is 0.571. The molecule has 0 bridgehead atoms. The Kier molecular flexibility index (Phi) is 3.41. The summed E-state index contributed by atoms with van der Waals surface area (Å²) in [7, 11) is 0. The van der Waals surface area contributed by atoms with Gasteiger partial charge in [-0.1, -0.05) is 6.92 Å². The van der Waals surface area contributed by atoms with E-state index in [2.05, 4.69) is 15.5 Å². The Balaban J connectivity index is 2.68. The fourth-order valence-corrected chi connectivity index (χ4v) is 0.826. The van der Waals surface area contributed by atoms with Crippen molar-refractivity contribution in [1.82, 2.24) is 15.2 Å². The summed E-state index contributed by atoms with van der Waals surface area (Å²) in [5.41, 5.74) is -1.26. The molecule has 0 aliphatic heterocycles. The van der Waals surface area contributed by atoms with Crippen molar-refractivity contribution in [2.24, 2.45) is 0 Å². The normalized spacial score (nSPS) is 12.4. The summed E-state index contributed by atoms with van der Waals surface area (Å²) >= 11 is 0. The van der Waals surface area contributed by atoms with Gasteiger partial charge in [0.25, 0.3) is 5.56 Å². The molecule has 7 heteroatoms. The van der Waals surface area contributed by atoms with Crippen molar-refractivity contribution in [1.29, 1.82) is 0 Å². The number of rotatable bonds is 4. The summed E-state index contributed by atoms with van der Waals surface area (Å²) in [6, 6.07) is 0. The van der Waals surface area contributed by atoms with Gasteiger partial charge in [-0.3, -0.25) is 9.78 Å². The number of anilines is 1. The fourth-order valence-electron chi connectivity index (χ4n) is 0.826. The molecule has 7 nitrogen and oxygen atoms in total. The number of aliphatic hydroxyl groups is 1. The van der Waals surface area contributed by atoms with E-state index in [1.165, 1.54) is 0 Å². The maximum Gasteiger partial charge on any atom is 0.342 e. The Morgan fingerprint density at radius 1 is 1.57 bits per heavy atom. The van der Waals surface area contributed by atoms with E-state index in [-0.39, 0.29) is 12.4 Å². The molecular weight excluding hydrogens is 188 g/mol. The maximum absolute atomic E-state index is 11.1. The highest BCUT2D eigenvalue weighted by Gasteiger charge is 2.04. The Hall–Kier alpha value is -1.63. The van der Waals surface area contributed by atoms with Crippen molar-refractivity contribution in [3.8, 4) is 0 Å². The van der Waals surface area contributed by atoms with Gasteiger partial charge in [-0.2, -0.15) is 0 Å². The molecule has 0 aliphatic carbocycles. The highest BCUT2D eigenvalue weighted by molar-refractivity contribution is 5.28. The van der Waals surface area contributed by atoms with Gasteiger partial charge in [0.2, 0.25) is 5.82 Å². The van der Waals surface area contributed by atoms with Crippen LogP contribution in [0.3, 0.4) is 0 Å². The number of hydrogen-bond donors (Lipinski definition) is 4. The number of aromatic nitrogens is 3. The van der Waals surface area contributed by atoms with E-state index in [0.29, 0.717) is 6.42 Å². The maximum atomic E-state index is 11.1. The lowest BCUT2D eigenvalue weighted by Gasteiger charge is -2.07. The van der Waals surface area contributed by atoms with Gasteiger partial charge in [0.05, 0.1) is 6.10 Å². The average molecular weight is 200 g/mol. The molecule has 14 heavy (non-hydrogen) atoms. The van der Waals surface area contributed by atoms with Gasteiger partial charge in [0, 0.05) is 6.54 Å². The molecule has 0 aliphatic rings. The number of hydrogen-bond acceptors (Lipinski definition) is 5. The zero-order valence-corrected chi connectivity index (χ0v) is 7.70. The number of nitrogens with zero attached hydrogens (tertiary/aromatic N) is 1. The van der Waals surface area contributed by atoms with Crippen LogP contribution in [0.1, 0.15) is 13.3 Å². The van der Waals surface area contributed by atoms with Crippen LogP contribution in [0.15, 0.2) is 9.59 Å². The molecule has 78 valence electrons. The van der Waals surface area contributed by atoms with E-state index in [1.54, 1.807) is 0 Å². The minimum atomic E-state index is -0.656. The quantitative estimate of drug-likeness (QED) is 0.479. The number of aliphatic hydroxyl groups excluding tert-OH is 1. The van der Waals surface area contributed by atoms with Gasteiger partial charge in [-0.25, -0.2) is 9.89 Å². The number of aromatic amines is 2. The lowest BCUT2D eigenvalue weighted by Crippen LogP contribution is -2.29. The summed E-state index contributed by atoms with van der Waals surface area (Å²) < 4.78 is 0. The molecule has 0 saturated heterocycles. The molecule has 0 spiro atoms. The summed E-state index contributed by atoms with van der Waals surface area (Å²) in [6.07, 6.45) is 0.0389. The highest BCUT2D eigenvalue weighted by atomic mass is 16.3. The predicted molar refractivity (Wildman–Crippen MR) is 50.3 cm³/mol. The van der Waals surface area contributed by atoms with E-state index in [4.69, 9.17) is 0 Å². The van der Waals surface area contributed by atoms with Crippen molar-refractivity contribution in [2.45, 2.75) is 19.4 Å². The third-order valence-electron chi connectivity index (χ3n) is 1.69. The predicted octanol–water partition coefficient (Wildman–Crippen LogP) is -1.36. The third-order valence-corrected chi connectivity index (χ3v) is 1.69. The number of nitrogens with one attached hydrogen (secondary N) is 3. The molecule has 1 unspecified atom stereocenters. The lowest BCUT2D eigenvalue weighted by atomic mass is 10.3. The first kappa shape index (κ1) is 10.5. The zero-order valence-electron chi connectivity index (χ0n) is 7.70. The second-order valence-electron chi connectivity index (χ2n) is 2.80. The largest absolute Gasteiger partial charge is 0.391 e. The van der Waals surface area contributed by atoms with Crippen molar-refractivity contribution < 1.29 is 5.11 Å². The first-order valence-corrected chi connectivity index (χ1v) is 4.24. The molecule has 0 amide bonds. The molecule has 1 aromatic rings. The number of H-pyrrole nitrogens is 2. The molecule has 1 atom stereocenters. The van der Waals surface area contributed by atoms with Crippen LogP contribution in [0, 0.1) is 0 Å². The van der Waals surface area contributed by atoms with Gasteiger partial charge < -0.3 is 10.4 Å². The Morgan fingerprint density at radius 3 is 2.86 bits per heavy atom. The topological polar surface area (TPSA) is 111 Å². The van der Waals surface area contributed by atoms with E-state index >= 15 is 0 Å². The minimum Gasteiger partial charge on any atom is -0.391 e.